The van der Waals surface area contributed by atoms with Crippen LogP contribution >= 0.6 is 0 Å². The van der Waals surface area contributed by atoms with E-state index in [4.69, 9.17) is 36.0 Å². The van der Waals surface area contributed by atoms with Gasteiger partial charge in [-0.15, -0.1) is 0 Å². The maximum atomic E-state index is 12.8. The van der Waals surface area contributed by atoms with Gasteiger partial charge in [-0.25, -0.2) is 0 Å². The molecule has 0 bridgehead atoms. The molecular weight excluding hydrogens is 667 g/mol. The molecule has 3 heterocycles. The summed E-state index contributed by atoms with van der Waals surface area (Å²) >= 11 is -4.40. The van der Waals surface area contributed by atoms with Crippen molar-refractivity contribution in [2.45, 2.75) is 79.1 Å². The van der Waals surface area contributed by atoms with Gasteiger partial charge in [0.2, 0.25) is 0 Å². The van der Waals surface area contributed by atoms with Gasteiger partial charge in [0.1, 0.15) is 0 Å². The van der Waals surface area contributed by atoms with Gasteiger partial charge in [0, 0.05) is 0 Å². The normalized spacial score (nSPS) is 11.0. The van der Waals surface area contributed by atoms with Crippen molar-refractivity contribution in [3.05, 3.63) is 84.9 Å². The number of unbranched alkanes of at least 4 members (excludes halogenated alkanes) is 3. The summed E-state index contributed by atoms with van der Waals surface area (Å²) in [5.41, 5.74) is -1.52. The molecule has 0 aromatic carbocycles. The Morgan fingerprint density at radius 3 is 1.09 bits per heavy atom. The Bertz CT molecular complexity index is 1240. The van der Waals surface area contributed by atoms with Crippen LogP contribution in [0.15, 0.2) is 64.6 Å². The minimum atomic E-state index is -4.40. The van der Waals surface area contributed by atoms with E-state index >= 15 is 0 Å². The Morgan fingerprint density at radius 1 is 0.535 bits per heavy atom. The summed E-state index contributed by atoms with van der Waals surface area (Å²) < 4.78 is 50.4. The first-order valence-electron chi connectivity index (χ1n) is 14.5. The van der Waals surface area contributed by atoms with Crippen molar-refractivity contribution in [2.75, 3.05) is 19.8 Å². The van der Waals surface area contributed by atoms with E-state index in [0.29, 0.717) is 37.1 Å². The molecule has 0 saturated carbocycles. The molecule has 0 amide bonds. The Kier molecular flexibility index (Phi) is 15.5. The average molecular weight is 706 g/mol. The number of hydrogen-bond acceptors (Lipinski definition) is 12. The van der Waals surface area contributed by atoms with Gasteiger partial charge in [-0.3, -0.25) is 0 Å². The molecule has 13 heteroatoms. The Hall–Kier alpha value is -3.00. The van der Waals surface area contributed by atoms with Gasteiger partial charge in [0.15, 0.2) is 0 Å². The van der Waals surface area contributed by atoms with Crippen molar-refractivity contribution in [3.63, 3.8) is 0 Å². The summed E-state index contributed by atoms with van der Waals surface area (Å²) in [4.78, 5) is 38.3. The zero-order valence-corrected chi connectivity index (χ0v) is 28.2. The van der Waals surface area contributed by atoms with Crippen LogP contribution in [0.5, 0.6) is 17.2 Å². The van der Waals surface area contributed by atoms with Crippen LogP contribution in [0.3, 0.4) is 0 Å². The van der Waals surface area contributed by atoms with Gasteiger partial charge in [-0.05, 0) is 0 Å². The predicted molar refractivity (Wildman–Crippen MR) is 156 cm³/mol. The zero-order valence-electron chi connectivity index (χ0n) is 24.9. The molecule has 0 spiro atoms. The van der Waals surface area contributed by atoms with Gasteiger partial charge >= 0.3 is 260 Å². The molecule has 12 nitrogen and oxygen atoms in total. The molecule has 0 aliphatic heterocycles. The van der Waals surface area contributed by atoms with Gasteiger partial charge < -0.3 is 0 Å². The van der Waals surface area contributed by atoms with E-state index in [1.165, 1.54) is 18.2 Å². The van der Waals surface area contributed by atoms with Crippen molar-refractivity contribution in [2.24, 2.45) is 0 Å². The minimum absolute atomic E-state index is 0.125. The molecule has 0 aliphatic rings. The van der Waals surface area contributed by atoms with E-state index in [0.717, 1.165) is 57.3 Å². The average Bonchev–Trinajstić information content (AvgIpc) is 2.99. The Balaban J connectivity index is 1.77. The standard InChI is InChI=1S/3C10H14O4.In/c3*1-2-3-4-13-6-8-5-9(11)10(12)7-14-8;/h3*5,7,12H,2-4,6H2,1H3;/q;;;+3/p-3. The summed E-state index contributed by atoms with van der Waals surface area (Å²) in [5, 5.41) is 0. The summed E-state index contributed by atoms with van der Waals surface area (Å²) in [7, 11) is 0. The summed E-state index contributed by atoms with van der Waals surface area (Å²) in [6.07, 6.45) is 8.96. The van der Waals surface area contributed by atoms with E-state index < -0.39 is 39.0 Å². The van der Waals surface area contributed by atoms with Gasteiger partial charge in [0.25, 0.3) is 0 Å². The number of ether oxygens (including phenoxy) is 3. The third kappa shape index (κ3) is 12.3. The van der Waals surface area contributed by atoms with Crippen molar-refractivity contribution in [1.82, 2.24) is 0 Å². The molecule has 234 valence electrons. The molecule has 0 N–H and O–H groups in total. The van der Waals surface area contributed by atoms with Crippen molar-refractivity contribution >= 4 is 22.7 Å². The van der Waals surface area contributed by atoms with Crippen molar-refractivity contribution < 1.29 is 36.0 Å². The molecule has 3 aromatic heterocycles. The first-order chi connectivity index (χ1) is 20.9. The van der Waals surface area contributed by atoms with Crippen LogP contribution in [0.4, 0.5) is 0 Å². The molecule has 3 aromatic rings. The van der Waals surface area contributed by atoms with Gasteiger partial charge in [-0.2, -0.15) is 0 Å². The van der Waals surface area contributed by atoms with E-state index in [9.17, 15) is 14.4 Å². The molecule has 43 heavy (non-hydrogen) atoms. The van der Waals surface area contributed by atoms with Crippen molar-refractivity contribution in [3.8, 4) is 17.2 Å². The summed E-state index contributed by atoms with van der Waals surface area (Å²) in [5.74, 6) is 0.349. The molecule has 0 saturated heterocycles. The number of rotatable bonds is 21. The topological polar surface area (TPSA) is 146 Å². The van der Waals surface area contributed by atoms with E-state index in [2.05, 4.69) is 0 Å². The van der Waals surface area contributed by atoms with Crippen LogP contribution in [0.2, 0.25) is 0 Å². The molecule has 0 unspecified atom stereocenters. The fraction of sp³-hybridized carbons (Fsp3) is 0.500. The zero-order chi connectivity index (χ0) is 30.9. The van der Waals surface area contributed by atoms with E-state index in [1.54, 1.807) is 0 Å². The maximum absolute atomic E-state index is 12.8. The third-order valence-corrected chi connectivity index (χ3v) is 9.71. The van der Waals surface area contributed by atoms with Crippen LogP contribution < -0.4 is 24.8 Å². The van der Waals surface area contributed by atoms with Crippen LogP contribution in [-0.4, -0.2) is 42.6 Å². The van der Waals surface area contributed by atoms with Gasteiger partial charge in [0.05, 0.1) is 0 Å². The van der Waals surface area contributed by atoms with Crippen LogP contribution in [-0.2, 0) is 34.0 Å². The predicted octanol–water partition coefficient (Wildman–Crippen LogP) is 5.02. The Morgan fingerprint density at radius 2 is 0.837 bits per heavy atom. The monoisotopic (exact) mass is 706 g/mol. The second-order valence-electron chi connectivity index (χ2n) is 9.59. The van der Waals surface area contributed by atoms with Crippen LogP contribution in [0.25, 0.3) is 0 Å². The SMILES string of the molecule is CCCCOCc1cc(=O)c([O][In]([O]c2coc(COCCCC)cc2=O)[O]c2coc(COCCCC)cc2=O)co1. The third-order valence-electron chi connectivity index (χ3n) is 5.89. The van der Waals surface area contributed by atoms with Crippen LogP contribution in [0, 0.1) is 0 Å². The molecule has 0 radical (unpaired) electrons. The fourth-order valence-corrected chi connectivity index (χ4v) is 7.10. The molecule has 3 rings (SSSR count). The molecule has 0 fully saturated rings. The molecule has 0 atom stereocenters. The quantitative estimate of drug-likeness (QED) is 0.137. The molecular formula is C30H39InO12. The number of hydrogen-bond donors (Lipinski definition) is 0. The second-order valence-corrected chi connectivity index (χ2v) is 13.3. The molecule has 0 aliphatic carbocycles. The van der Waals surface area contributed by atoms with E-state index in [1.807, 2.05) is 20.8 Å². The Labute approximate surface area is 259 Å². The second kappa shape index (κ2) is 19.3. The van der Waals surface area contributed by atoms with E-state index in [-0.39, 0.29) is 37.1 Å². The van der Waals surface area contributed by atoms with Gasteiger partial charge in [-0.1, -0.05) is 0 Å². The summed E-state index contributed by atoms with van der Waals surface area (Å²) in [6, 6.07) is 3.73. The van der Waals surface area contributed by atoms with Crippen LogP contribution in [0.1, 0.15) is 76.6 Å². The van der Waals surface area contributed by atoms with Crippen molar-refractivity contribution in [1.29, 1.82) is 0 Å². The first kappa shape index (κ1) is 34.5. The first-order valence-corrected chi connectivity index (χ1v) is 18.5. The fourth-order valence-electron chi connectivity index (χ4n) is 3.44. The summed E-state index contributed by atoms with van der Waals surface area (Å²) in [6.45, 7) is 8.13.